The molecule has 66 valence electrons. The maximum atomic E-state index is 9.54. The van der Waals surface area contributed by atoms with Crippen molar-refractivity contribution in [2.24, 2.45) is 11.7 Å². The van der Waals surface area contributed by atoms with Crippen molar-refractivity contribution in [3.05, 3.63) is 0 Å². The Labute approximate surface area is 68.8 Å². The fraction of sp³-hybridized carbons (Fsp3) is 1.00. The Morgan fingerprint density at radius 1 is 1.55 bits per heavy atom. The quantitative estimate of drug-likeness (QED) is 0.645. The van der Waals surface area contributed by atoms with Crippen LogP contribution in [0.5, 0.6) is 0 Å². The third kappa shape index (κ3) is 3.21. The van der Waals surface area contributed by atoms with Gasteiger partial charge in [-0.2, -0.15) is 0 Å². The van der Waals surface area contributed by atoms with Crippen molar-refractivity contribution in [2.45, 2.75) is 51.2 Å². The van der Waals surface area contributed by atoms with Crippen LogP contribution in [0.15, 0.2) is 0 Å². The van der Waals surface area contributed by atoms with Crippen LogP contribution >= 0.6 is 0 Å². The van der Waals surface area contributed by atoms with Crippen LogP contribution in [0.1, 0.15) is 39.5 Å². The number of nitrogens with two attached hydrogens (primary N) is 1. The predicted molar refractivity (Wildman–Crippen MR) is 46.2 cm³/mol. The summed E-state index contributed by atoms with van der Waals surface area (Å²) in [7, 11) is 0. The van der Waals surface area contributed by atoms with E-state index >= 15 is 0 Å². The molecule has 1 fully saturated rings. The molecule has 0 aliphatic heterocycles. The summed E-state index contributed by atoms with van der Waals surface area (Å²) in [4.78, 5) is 0. The Bertz CT molecular complexity index is 124. The van der Waals surface area contributed by atoms with Crippen LogP contribution < -0.4 is 5.73 Å². The number of aliphatic hydroxyl groups is 1. The van der Waals surface area contributed by atoms with E-state index in [4.69, 9.17) is 5.73 Å². The topological polar surface area (TPSA) is 46.2 Å². The van der Waals surface area contributed by atoms with Crippen LogP contribution in [0.3, 0.4) is 0 Å². The molecule has 0 amide bonds. The number of hydrogen-bond donors (Lipinski definition) is 2. The van der Waals surface area contributed by atoms with Crippen molar-refractivity contribution in [2.75, 3.05) is 0 Å². The lowest BCUT2D eigenvalue weighted by atomic mass is 9.94. The van der Waals surface area contributed by atoms with Gasteiger partial charge in [0.15, 0.2) is 0 Å². The maximum Gasteiger partial charge on any atom is 0.0714 e. The second-order valence-electron chi connectivity index (χ2n) is 4.36. The summed E-state index contributed by atoms with van der Waals surface area (Å²) in [6.07, 6.45) is 4.41. The van der Waals surface area contributed by atoms with Gasteiger partial charge in [-0.25, -0.2) is 0 Å². The predicted octanol–water partition coefficient (Wildman–Crippen LogP) is 1.27. The lowest BCUT2D eigenvalue weighted by Crippen LogP contribution is -2.44. The van der Waals surface area contributed by atoms with Gasteiger partial charge >= 0.3 is 0 Å². The first kappa shape index (κ1) is 9.01. The molecule has 1 rings (SSSR count). The van der Waals surface area contributed by atoms with Crippen molar-refractivity contribution in [1.82, 2.24) is 0 Å². The smallest absolute Gasteiger partial charge is 0.0714 e. The Hall–Kier alpha value is -0.0800. The Morgan fingerprint density at radius 3 is 2.45 bits per heavy atom. The minimum Gasteiger partial charge on any atom is -0.391 e. The van der Waals surface area contributed by atoms with Gasteiger partial charge in [-0.1, -0.05) is 12.8 Å². The van der Waals surface area contributed by atoms with Crippen LogP contribution in [-0.4, -0.2) is 16.7 Å². The van der Waals surface area contributed by atoms with E-state index in [9.17, 15) is 5.11 Å². The van der Waals surface area contributed by atoms with Gasteiger partial charge in [0.2, 0.25) is 0 Å². The molecule has 0 aromatic rings. The second-order valence-corrected chi connectivity index (χ2v) is 4.36. The minimum absolute atomic E-state index is 0.330. The Balaban J connectivity index is 2.13. The molecule has 0 aromatic carbocycles. The van der Waals surface area contributed by atoms with Crippen LogP contribution in [0.25, 0.3) is 0 Å². The van der Waals surface area contributed by atoms with Crippen LogP contribution in [0, 0.1) is 5.92 Å². The molecule has 0 bridgehead atoms. The highest BCUT2D eigenvalue weighted by Gasteiger charge is 2.26. The summed E-state index contributed by atoms with van der Waals surface area (Å²) in [6.45, 7) is 3.76. The maximum absolute atomic E-state index is 9.54. The van der Waals surface area contributed by atoms with E-state index in [1.807, 2.05) is 13.8 Å². The van der Waals surface area contributed by atoms with E-state index in [1.165, 1.54) is 12.8 Å². The highest BCUT2D eigenvalue weighted by atomic mass is 16.3. The zero-order valence-corrected chi connectivity index (χ0v) is 7.51. The first-order chi connectivity index (χ1) is 5.00. The van der Waals surface area contributed by atoms with Gasteiger partial charge in [0.25, 0.3) is 0 Å². The molecule has 0 spiro atoms. The summed E-state index contributed by atoms with van der Waals surface area (Å²) in [5, 5.41) is 9.54. The largest absolute Gasteiger partial charge is 0.391 e. The molecule has 1 unspecified atom stereocenters. The van der Waals surface area contributed by atoms with Gasteiger partial charge in [-0.05, 0) is 32.6 Å². The van der Waals surface area contributed by atoms with E-state index in [1.54, 1.807) is 0 Å². The molecule has 2 nitrogen and oxygen atoms in total. The van der Waals surface area contributed by atoms with Crippen molar-refractivity contribution in [3.8, 4) is 0 Å². The highest BCUT2D eigenvalue weighted by Crippen LogP contribution is 2.34. The summed E-state index contributed by atoms with van der Waals surface area (Å²) in [5.41, 5.74) is 5.31. The molecule has 0 aromatic heterocycles. The third-order valence-electron chi connectivity index (χ3n) is 2.40. The normalized spacial score (nSPS) is 21.8. The average molecular weight is 157 g/mol. The van der Waals surface area contributed by atoms with Crippen molar-refractivity contribution < 1.29 is 5.11 Å². The number of rotatable bonds is 4. The van der Waals surface area contributed by atoms with Gasteiger partial charge in [-0.15, -0.1) is 0 Å². The summed E-state index contributed by atoms with van der Waals surface area (Å²) < 4.78 is 0. The Morgan fingerprint density at radius 2 is 2.09 bits per heavy atom. The average Bonchev–Trinajstić information content (AvgIpc) is 2.62. The van der Waals surface area contributed by atoms with Gasteiger partial charge in [0.05, 0.1) is 6.10 Å². The van der Waals surface area contributed by atoms with Crippen molar-refractivity contribution in [1.29, 1.82) is 0 Å². The number of aliphatic hydroxyl groups excluding tert-OH is 1. The van der Waals surface area contributed by atoms with E-state index in [-0.39, 0.29) is 6.10 Å². The zero-order valence-electron chi connectivity index (χ0n) is 7.51. The zero-order chi connectivity index (χ0) is 8.48. The minimum atomic E-state index is -0.422. The van der Waals surface area contributed by atoms with Crippen LogP contribution in [0.2, 0.25) is 0 Å². The molecular weight excluding hydrogens is 138 g/mol. The standard InChI is InChI=1S/C9H19NO/c1-9(2,10)8(11)6-5-7-3-4-7/h7-8,11H,3-6,10H2,1-2H3. The van der Waals surface area contributed by atoms with E-state index in [0.29, 0.717) is 0 Å². The molecule has 1 atom stereocenters. The fourth-order valence-electron chi connectivity index (χ4n) is 1.17. The van der Waals surface area contributed by atoms with E-state index < -0.39 is 5.54 Å². The van der Waals surface area contributed by atoms with E-state index in [2.05, 4.69) is 0 Å². The molecule has 0 radical (unpaired) electrons. The van der Waals surface area contributed by atoms with Gasteiger partial charge in [0, 0.05) is 5.54 Å². The van der Waals surface area contributed by atoms with Crippen LogP contribution in [0.4, 0.5) is 0 Å². The molecule has 0 saturated heterocycles. The summed E-state index contributed by atoms with van der Waals surface area (Å²) in [5.74, 6) is 0.895. The first-order valence-electron chi connectivity index (χ1n) is 4.47. The SMILES string of the molecule is CC(C)(N)C(O)CCC1CC1. The van der Waals surface area contributed by atoms with Gasteiger partial charge < -0.3 is 10.8 Å². The van der Waals surface area contributed by atoms with Crippen molar-refractivity contribution in [3.63, 3.8) is 0 Å². The summed E-state index contributed by atoms with van der Waals surface area (Å²) >= 11 is 0. The van der Waals surface area contributed by atoms with Crippen LogP contribution in [-0.2, 0) is 0 Å². The lowest BCUT2D eigenvalue weighted by molar-refractivity contribution is 0.0917. The second kappa shape index (κ2) is 3.11. The molecule has 0 heterocycles. The highest BCUT2D eigenvalue weighted by molar-refractivity contribution is 4.84. The fourth-order valence-corrected chi connectivity index (χ4v) is 1.17. The molecule has 1 aliphatic rings. The Kier molecular flexibility index (Phi) is 2.55. The molecular formula is C9H19NO. The van der Waals surface area contributed by atoms with Crippen molar-refractivity contribution >= 4 is 0 Å². The molecule has 1 aliphatic carbocycles. The van der Waals surface area contributed by atoms with Gasteiger partial charge in [-0.3, -0.25) is 0 Å². The van der Waals surface area contributed by atoms with E-state index in [0.717, 1.165) is 18.8 Å². The molecule has 11 heavy (non-hydrogen) atoms. The first-order valence-corrected chi connectivity index (χ1v) is 4.47. The number of hydrogen-bond acceptors (Lipinski definition) is 2. The lowest BCUT2D eigenvalue weighted by Gasteiger charge is -2.25. The van der Waals surface area contributed by atoms with Gasteiger partial charge in [0.1, 0.15) is 0 Å². The summed E-state index contributed by atoms with van der Waals surface area (Å²) in [6, 6.07) is 0. The molecule has 2 heteroatoms. The molecule has 1 saturated carbocycles. The molecule has 3 N–H and O–H groups in total. The third-order valence-corrected chi connectivity index (χ3v) is 2.40. The monoisotopic (exact) mass is 157 g/mol.